The highest BCUT2D eigenvalue weighted by Crippen LogP contribution is 2.30. The van der Waals surface area contributed by atoms with Crippen molar-refractivity contribution in [2.24, 2.45) is 32.9 Å². The molecule has 0 aliphatic carbocycles. The number of hydrogen-bond acceptors (Lipinski definition) is 10. The summed E-state index contributed by atoms with van der Waals surface area (Å²) in [7, 11) is 3.08. The lowest BCUT2D eigenvalue weighted by atomic mass is 9.87. The average molecular weight is 1170 g/mol. The number of rotatable bonds is 24. The van der Waals surface area contributed by atoms with Gasteiger partial charge in [0.15, 0.2) is 11.9 Å². The largest absolute Gasteiger partial charge is 0.497 e. The minimum atomic E-state index is -0.443. The van der Waals surface area contributed by atoms with Gasteiger partial charge in [-0.05, 0) is 96.0 Å². The van der Waals surface area contributed by atoms with Crippen molar-refractivity contribution in [1.29, 1.82) is 0 Å². The molecule has 2 aliphatic heterocycles. The number of aliphatic imine (C=N–C) groups is 2. The van der Waals surface area contributed by atoms with Crippen LogP contribution in [0.2, 0.25) is 0 Å². The second-order valence-electron chi connectivity index (χ2n) is 22.9. The first-order valence-electron chi connectivity index (χ1n) is 29.8. The van der Waals surface area contributed by atoms with Crippen LogP contribution < -0.4 is 53.7 Å². The normalized spacial score (nSPS) is 17.1. The minimum Gasteiger partial charge on any atom is -0.497 e. The Labute approximate surface area is 507 Å². The first kappa shape index (κ1) is 64.8. The topological polar surface area (TPSA) is 270 Å². The summed E-state index contributed by atoms with van der Waals surface area (Å²) >= 11 is 0. The zero-order valence-electron chi connectivity index (χ0n) is 50.5. The Hall–Kier alpha value is -8.74. The van der Waals surface area contributed by atoms with E-state index < -0.39 is 12.1 Å². The lowest BCUT2D eigenvalue weighted by Gasteiger charge is -2.29. The fourth-order valence-electron chi connectivity index (χ4n) is 11.0. The standard InChI is InChI=1S/C35H46N6O2.C33H42N6O4/c1-35(2,3)28-18-16-27(17-19-28)32(42)39-23-29-20-22-41(33(43)31(40-29)15-10-21-38-34(36)37)24-30(25-11-6-4-7-12-25)26-13-8-5-9-14-26;1-42-26-15-16-27(30(20-26)43-2)31(40)37-21-25-17-19-39(32(41)29(38-25)14-9-18-36-33(34)35)22-28(23-10-5-3-6-11-23)24-12-7-4-8-13-24/h4-9,11-14,16-19,29-31,40H,10,15,20-24H2,1-3H3,(H,39,42)(H4,36,37,38);3-8,10-13,15-16,20,25,28-29,38H,9,14,17-19,21-22H2,1-2H3,(H,37,40)(H4,34,35,36)/t29-,31-;25-,29-/m00/s1. The second-order valence-corrected chi connectivity index (χ2v) is 22.9. The summed E-state index contributed by atoms with van der Waals surface area (Å²) in [5.74, 6) is 0.895. The van der Waals surface area contributed by atoms with Crippen molar-refractivity contribution >= 4 is 35.5 Å². The van der Waals surface area contributed by atoms with Gasteiger partial charge >= 0.3 is 0 Å². The minimum absolute atomic E-state index is 0.0208. The summed E-state index contributed by atoms with van der Waals surface area (Å²) in [5, 5.41) is 13.2. The predicted molar refractivity (Wildman–Crippen MR) is 342 cm³/mol. The molecule has 2 saturated heterocycles. The van der Waals surface area contributed by atoms with E-state index in [1.165, 1.54) is 23.8 Å². The SMILES string of the molecule is CC(C)(C)c1ccc(C(=O)NC[C@@H]2CCN(CC(c3ccccc3)c3ccccc3)C(=O)[C@H](CCCN=C(N)N)N2)cc1.COc1ccc(C(=O)NC[C@@H]2CCN(CC(c3ccccc3)c3ccccc3)C(=O)[C@H](CCCN=C(N)N)N2)c(OC)c1. The van der Waals surface area contributed by atoms with Gasteiger partial charge in [0, 0.05) is 87.9 Å². The van der Waals surface area contributed by atoms with E-state index in [1.807, 2.05) is 107 Å². The highest BCUT2D eigenvalue weighted by atomic mass is 16.5. The van der Waals surface area contributed by atoms with Gasteiger partial charge in [0.1, 0.15) is 11.5 Å². The van der Waals surface area contributed by atoms with Crippen LogP contribution in [0.4, 0.5) is 0 Å². The summed E-state index contributed by atoms with van der Waals surface area (Å²) in [6.07, 6.45) is 3.84. The molecule has 2 heterocycles. The number of benzene rings is 6. The van der Waals surface area contributed by atoms with E-state index >= 15 is 0 Å². The third-order valence-electron chi connectivity index (χ3n) is 15.8. The monoisotopic (exact) mass is 1170 g/mol. The van der Waals surface area contributed by atoms with E-state index in [0.29, 0.717) is 107 Å². The Morgan fingerprint density at radius 3 is 1.35 bits per heavy atom. The van der Waals surface area contributed by atoms with Crippen molar-refractivity contribution in [3.05, 3.63) is 203 Å². The van der Waals surface area contributed by atoms with Gasteiger partial charge in [-0.2, -0.15) is 0 Å². The van der Waals surface area contributed by atoms with Crippen LogP contribution in [-0.4, -0.2) is 136 Å². The molecule has 6 aromatic carbocycles. The first-order valence-corrected chi connectivity index (χ1v) is 29.8. The third-order valence-corrected chi connectivity index (χ3v) is 15.8. The molecule has 18 heteroatoms. The summed E-state index contributed by atoms with van der Waals surface area (Å²) in [6.45, 7) is 10.4. The number of methoxy groups -OCH3 is 2. The maximum atomic E-state index is 14.0. The molecule has 4 amide bonds. The fourth-order valence-corrected chi connectivity index (χ4v) is 11.0. The summed E-state index contributed by atoms with van der Waals surface area (Å²) < 4.78 is 10.7. The molecule has 86 heavy (non-hydrogen) atoms. The Morgan fingerprint density at radius 1 is 0.570 bits per heavy atom. The number of hydrogen-bond donors (Lipinski definition) is 8. The van der Waals surface area contributed by atoms with Crippen molar-refractivity contribution in [1.82, 2.24) is 31.1 Å². The number of carbonyl (C=O) groups is 4. The van der Waals surface area contributed by atoms with Gasteiger partial charge in [-0.15, -0.1) is 0 Å². The summed E-state index contributed by atoms with van der Waals surface area (Å²) in [4.78, 5) is 66.2. The maximum Gasteiger partial charge on any atom is 0.255 e. The van der Waals surface area contributed by atoms with Crippen molar-refractivity contribution in [3.8, 4) is 11.5 Å². The molecule has 0 radical (unpaired) electrons. The van der Waals surface area contributed by atoms with Crippen LogP contribution in [-0.2, 0) is 15.0 Å². The number of nitrogens with two attached hydrogens (primary N) is 4. The molecular formula is C68H88N12O6. The lowest BCUT2D eigenvalue weighted by Crippen LogP contribution is -2.49. The highest BCUT2D eigenvalue weighted by Gasteiger charge is 2.35. The average Bonchev–Trinajstić information content (AvgIpc) is 3.95. The van der Waals surface area contributed by atoms with Crippen LogP contribution in [0.15, 0.2) is 174 Å². The van der Waals surface area contributed by atoms with E-state index in [9.17, 15) is 19.2 Å². The number of amides is 4. The highest BCUT2D eigenvalue weighted by molar-refractivity contribution is 5.97. The number of guanidine groups is 2. The molecule has 456 valence electrons. The van der Waals surface area contributed by atoms with Crippen LogP contribution in [0.1, 0.15) is 120 Å². The lowest BCUT2D eigenvalue weighted by molar-refractivity contribution is -0.133. The molecule has 4 atom stereocenters. The van der Waals surface area contributed by atoms with Gasteiger partial charge in [-0.3, -0.25) is 29.2 Å². The molecule has 0 saturated carbocycles. The molecule has 0 spiro atoms. The number of ether oxygens (including phenoxy) is 2. The van der Waals surface area contributed by atoms with Crippen LogP contribution in [0.25, 0.3) is 0 Å². The van der Waals surface area contributed by atoms with Gasteiger partial charge < -0.3 is 63.5 Å². The summed E-state index contributed by atoms with van der Waals surface area (Å²) in [6, 6.07) is 53.0. The quantitative estimate of drug-likeness (QED) is 0.0172. The molecule has 12 N–H and O–H groups in total. The third kappa shape index (κ3) is 19.4. The fraction of sp³-hybridized carbons (Fsp3) is 0.382. The van der Waals surface area contributed by atoms with Crippen LogP contribution in [0, 0.1) is 0 Å². The van der Waals surface area contributed by atoms with E-state index in [1.54, 1.807) is 25.3 Å². The predicted octanol–water partition coefficient (Wildman–Crippen LogP) is 7.04. The Morgan fingerprint density at radius 2 is 0.977 bits per heavy atom. The molecule has 6 aromatic rings. The molecule has 0 unspecified atom stereocenters. The molecule has 18 nitrogen and oxygen atoms in total. The number of carbonyl (C=O) groups excluding carboxylic acids is 4. The van der Waals surface area contributed by atoms with E-state index in [-0.39, 0.29) is 64.9 Å². The Kier molecular flexibility index (Phi) is 24.5. The molecule has 2 fully saturated rings. The smallest absolute Gasteiger partial charge is 0.255 e. The second kappa shape index (κ2) is 32.5. The van der Waals surface area contributed by atoms with Crippen molar-refractivity contribution in [2.75, 3.05) is 66.6 Å². The van der Waals surface area contributed by atoms with Gasteiger partial charge in [0.25, 0.3) is 11.8 Å². The van der Waals surface area contributed by atoms with Crippen molar-refractivity contribution < 1.29 is 28.7 Å². The van der Waals surface area contributed by atoms with Crippen LogP contribution in [0.3, 0.4) is 0 Å². The molecule has 2 aliphatic rings. The van der Waals surface area contributed by atoms with E-state index in [0.717, 1.165) is 17.5 Å². The molecular weight excluding hydrogens is 1080 g/mol. The maximum absolute atomic E-state index is 14.0. The molecule has 8 rings (SSSR count). The van der Waals surface area contributed by atoms with Gasteiger partial charge in [-0.25, -0.2) is 0 Å². The van der Waals surface area contributed by atoms with Crippen LogP contribution >= 0.6 is 0 Å². The van der Waals surface area contributed by atoms with Crippen molar-refractivity contribution in [3.63, 3.8) is 0 Å². The Balaban J connectivity index is 0.000000246. The van der Waals surface area contributed by atoms with Gasteiger partial charge in [-0.1, -0.05) is 154 Å². The van der Waals surface area contributed by atoms with Crippen molar-refractivity contribution in [2.45, 2.75) is 101 Å². The number of nitrogens with zero attached hydrogens (tertiary/aromatic N) is 4. The molecule has 0 aromatic heterocycles. The van der Waals surface area contributed by atoms with E-state index in [4.69, 9.17) is 32.4 Å². The van der Waals surface area contributed by atoms with Crippen LogP contribution in [0.5, 0.6) is 11.5 Å². The summed E-state index contributed by atoms with van der Waals surface area (Å²) in [5.41, 5.74) is 28.9. The van der Waals surface area contributed by atoms with E-state index in [2.05, 4.69) is 101 Å². The Bertz CT molecular complexity index is 3060. The number of nitrogens with one attached hydrogen (secondary N) is 4. The zero-order chi connectivity index (χ0) is 61.4. The zero-order valence-corrected chi connectivity index (χ0v) is 50.5. The molecule has 0 bridgehead atoms. The first-order chi connectivity index (χ1) is 41.5. The van der Waals surface area contributed by atoms with Gasteiger partial charge in [0.05, 0.1) is 31.9 Å². The van der Waals surface area contributed by atoms with Gasteiger partial charge in [0.2, 0.25) is 11.8 Å².